The average molecular weight is 629 g/mol. The van der Waals surface area contributed by atoms with Gasteiger partial charge in [0.1, 0.15) is 12.0 Å². The zero-order chi connectivity index (χ0) is 32.0. The molecule has 0 radical (unpaired) electrons. The van der Waals surface area contributed by atoms with E-state index in [-0.39, 0.29) is 11.5 Å². The maximum atomic E-state index is 12.4. The number of hydrogen-bond donors (Lipinski definition) is 3. The molecule has 2 aromatic carbocycles. The Kier molecular flexibility index (Phi) is 14.5. The van der Waals surface area contributed by atoms with E-state index in [0.29, 0.717) is 30.2 Å². The van der Waals surface area contributed by atoms with E-state index in [2.05, 4.69) is 26.5 Å². The Morgan fingerprint density at radius 2 is 1.89 bits per heavy atom. The number of methoxy groups -OCH3 is 1. The number of nitrogens with zero attached hydrogens (tertiary/aromatic N) is 2. The van der Waals surface area contributed by atoms with Crippen LogP contribution in [0.2, 0.25) is 0 Å². The standard InChI is InChI=1S/C29H37N3O5.C4H11NOS/c1-4-37-27-16-26(28(35)36-3)25(22-7-8-22)15-23(27)17-32-13-11-29(12-14-32,30-20-34)19-31(2)24-9-5-21(18-33)6-10-24;1-5-3-2-4-7-6/h5-6,9-10,15-16,18,20,22H,4,7-8,11-14,17,19H2,1-3H3,(H,30,34);5-6H,2-4H2,1H3. The first-order valence-corrected chi connectivity index (χ1v) is 16.3. The normalized spacial score (nSPS) is 15.8. The predicted octanol–water partition coefficient (Wildman–Crippen LogP) is 4.58. The van der Waals surface area contributed by atoms with Crippen molar-refractivity contribution in [2.24, 2.45) is 0 Å². The van der Waals surface area contributed by atoms with Crippen LogP contribution in [0.25, 0.3) is 0 Å². The van der Waals surface area contributed by atoms with Crippen LogP contribution >= 0.6 is 12.0 Å². The Morgan fingerprint density at radius 1 is 1.18 bits per heavy atom. The van der Waals surface area contributed by atoms with Gasteiger partial charge in [-0.25, -0.2) is 4.79 Å². The van der Waals surface area contributed by atoms with Crippen LogP contribution in [-0.2, 0) is 16.1 Å². The minimum atomic E-state index is -0.340. The van der Waals surface area contributed by atoms with E-state index in [1.54, 1.807) is 12.1 Å². The number of carbonyl (C=O) groups excluding carboxylic acids is 3. The summed E-state index contributed by atoms with van der Waals surface area (Å²) < 4.78 is 19.2. The molecule has 0 atom stereocenters. The molecule has 0 spiro atoms. The van der Waals surface area contributed by atoms with Crippen molar-refractivity contribution in [3.63, 3.8) is 0 Å². The molecule has 11 heteroatoms. The summed E-state index contributed by atoms with van der Waals surface area (Å²) in [6.07, 6.45) is 6.48. The molecule has 0 bridgehead atoms. The Morgan fingerprint density at radius 3 is 2.43 bits per heavy atom. The lowest BCUT2D eigenvalue weighted by Crippen LogP contribution is -2.58. The van der Waals surface area contributed by atoms with Crippen LogP contribution in [0.15, 0.2) is 36.4 Å². The molecule has 1 heterocycles. The van der Waals surface area contributed by atoms with Gasteiger partial charge in [-0.2, -0.15) is 0 Å². The molecule has 1 aliphatic carbocycles. The van der Waals surface area contributed by atoms with Crippen molar-refractivity contribution in [1.29, 1.82) is 0 Å². The number of ether oxygens (including phenoxy) is 2. The van der Waals surface area contributed by atoms with Crippen LogP contribution < -0.4 is 20.3 Å². The van der Waals surface area contributed by atoms with Crippen molar-refractivity contribution in [1.82, 2.24) is 15.5 Å². The highest BCUT2D eigenvalue weighted by Crippen LogP contribution is 2.44. The van der Waals surface area contributed by atoms with Crippen molar-refractivity contribution >= 4 is 36.4 Å². The van der Waals surface area contributed by atoms with E-state index in [0.717, 1.165) is 111 Å². The summed E-state index contributed by atoms with van der Waals surface area (Å²) in [7, 11) is 5.33. The lowest BCUT2D eigenvalue weighted by molar-refractivity contribution is -0.111. The van der Waals surface area contributed by atoms with Crippen LogP contribution in [0.4, 0.5) is 5.69 Å². The molecule has 1 aliphatic heterocycles. The summed E-state index contributed by atoms with van der Waals surface area (Å²) in [6, 6.07) is 11.5. The van der Waals surface area contributed by atoms with E-state index >= 15 is 0 Å². The van der Waals surface area contributed by atoms with Crippen molar-refractivity contribution in [3.05, 3.63) is 58.7 Å². The number of benzene rings is 2. The average Bonchev–Trinajstić information content (AvgIpc) is 3.89. The minimum Gasteiger partial charge on any atom is -0.494 e. The topological polar surface area (TPSA) is 120 Å². The number of anilines is 1. The molecule has 3 N–H and O–H groups in total. The van der Waals surface area contributed by atoms with Gasteiger partial charge in [0.2, 0.25) is 6.41 Å². The van der Waals surface area contributed by atoms with E-state index in [1.165, 1.54) is 7.11 Å². The van der Waals surface area contributed by atoms with Crippen LogP contribution in [0.5, 0.6) is 5.75 Å². The molecule has 0 unspecified atom stereocenters. The maximum absolute atomic E-state index is 12.4. The summed E-state index contributed by atoms with van der Waals surface area (Å²) >= 11 is 0.902. The molecule has 2 aliphatic rings. The highest BCUT2D eigenvalue weighted by molar-refractivity contribution is 7.93. The highest BCUT2D eigenvalue weighted by atomic mass is 32.2. The second kappa shape index (κ2) is 18.0. The Balaban J connectivity index is 0.000000676. The number of rotatable bonds is 16. The number of likely N-dealkylation sites (tertiary alicyclic amines) is 1. The molecule has 2 fully saturated rings. The number of carbonyl (C=O) groups is 3. The van der Waals surface area contributed by atoms with Gasteiger partial charge in [0.05, 0.1) is 24.8 Å². The van der Waals surface area contributed by atoms with E-state index < -0.39 is 0 Å². The number of esters is 1. The van der Waals surface area contributed by atoms with E-state index in [9.17, 15) is 14.4 Å². The summed E-state index contributed by atoms with van der Waals surface area (Å²) in [4.78, 5) is 39.5. The maximum Gasteiger partial charge on any atom is 0.338 e. The molecule has 1 saturated carbocycles. The third-order valence-corrected chi connectivity index (χ3v) is 8.67. The van der Waals surface area contributed by atoms with Crippen LogP contribution in [0.3, 0.4) is 0 Å². The van der Waals surface area contributed by atoms with Crippen LogP contribution in [-0.4, -0.2) is 93.4 Å². The lowest BCUT2D eigenvalue weighted by atomic mass is 9.86. The first kappa shape index (κ1) is 35.4. The largest absolute Gasteiger partial charge is 0.494 e. The molecule has 1 saturated heterocycles. The Hall–Kier alpha value is -3.12. The predicted molar refractivity (Wildman–Crippen MR) is 176 cm³/mol. The van der Waals surface area contributed by atoms with E-state index in [1.807, 2.05) is 39.2 Å². The van der Waals surface area contributed by atoms with Crippen molar-refractivity contribution in [3.8, 4) is 5.75 Å². The molecule has 242 valence electrons. The van der Waals surface area contributed by atoms with Gasteiger partial charge in [0.25, 0.3) is 0 Å². The molecule has 0 aromatic heterocycles. The van der Waals surface area contributed by atoms with Crippen molar-refractivity contribution in [2.75, 3.05) is 64.6 Å². The number of piperidine rings is 1. The van der Waals surface area contributed by atoms with Gasteiger partial charge in [-0.3, -0.25) is 14.5 Å². The molecule has 1 amide bonds. The van der Waals surface area contributed by atoms with Gasteiger partial charge in [0, 0.05) is 55.8 Å². The third-order valence-electron chi connectivity index (χ3n) is 8.20. The van der Waals surface area contributed by atoms with Gasteiger partial charge in [0.15, 0.2) is 0 Å². The molecular weight excluding hydrogens is 580 g/mol. The van der Waals surface area contributed by atoms with Crippen molar-refractivity contribution in [2.45, 2.75) is 57.0 Å². The second-order valence-corrected chi connectivity index (χ2v) is 12.1. The fraction of sp³-hybridized carbons (Fsp3) is 0.545. The number of hydrogen-bond acceptors (Lipinski definition) is 10. The van der Waals surface area contributed by atoms with Crippen molar-refractivity contribution < 1.29 is 28.4 Å². The first-order chi connectivity index (χ1) is 21.3. The number of likely N-dealkylation sites (N-methyl/N-ethyl adjacent to an activating group) is 1. The van der Waals surface area contributed by atoms with Gasteiger partial charge >= 0.3 is 5.97 Å². The van der Waals surface area contributed by atoms with Gasteiger partial charge in [-0.05, 0) is 113 Å². The SMILES string of the molecule is CCOc1cc(C(=O)OC)c(C2CC2)cc1CN1CCC(CN(C)c2ccc(C=O)cc2)(NC=O)CC1.CNCCCSO. The summed E-state index contributed by atoms with van der Waals surface area (Å²) in [5.74, 6) is 1.65. The first-order valence-electron chi connectivity index (χ1n) is 15.3. The number of aldehydes is 1. The molecule has 4 rings (SSSR count). The lowest BCUT2D eigenvalue weighted by Gasteiger charge is -2.44. The van der Waals surface area contributed by atoms with Crippen LogP contribution in [0.1, 0.15) is 76.8 Å². The van der Waals surface area contributed by atoms with Crippen LogP contribution in [0, 0.1) is 0 Å². The fourth-order valence-corrected chi connectivity index (χ4v) is 5.87. The van der Waals surface area contributed by atoms with Gasteiger partial charge in [-0.1, -0.05) is 0 Å². The summed E-state index contributed by atoms with van der Waals surface area (Å²) in [5, 5.41) is 6.09. The number of nitrogens with one attached hydrogen (secondary N) is 2. The third kappa shape index (κ3) is 10.2. The zero-order valence-corrected chi connectivity index (χ0v) is 27.3. The zero-order valence-electron chi connectivity index (χ0n) is 26.5. The Labute approximate surface area is 266 Å². The van der Waals surface area contributed by atoms with Gasteiger partial charge in [-0.15, -0.1) is 0 Å². The highest BCUT2D eigenvalue weighted by Gasteiger charge is 2.36. The van der Waals surface area contributed by atoms with E-state index in [4.69, 9.17) is 14.0 Å². The summed E-state index contributed by atoms with van der Waals surface area (Å²) in [5.41, 5.74) is 4.05. The summed E-state index contributed by atoms with van der Waals surface area (Å²) in [6.45, 7) is 6.49. The molecule has 2 aromatic rings. The molecular formula is C33H48N4O6S. The monoisotopic (exact) mass is 628 g/mol. The quantitative estimate of drug-likeness (QED) is 0.105. The molecule has 44 heavy (non-hydrogen) atoms. The Bertz CT molecular complexity index is 1200. The minimum absolute atomic E-state index is 0.318. The smallest absolute Gasteiger partial charge is 0.338 e. The molecule has 10 nitrogen and oxygen atoms in total. The number of amides is 1. The second-order valence-electron chi connectivity index (χ2n) is 11.4. The van der Waals surface area contributed by atoms with Gasteiger partial charge < -0.3 is 29.6 Å². The fourth-order valence-electron chi connectivity index (χ4n) is 5.60.